The zero-order valence-corrected chi connectivity index (χ0v) is 40.8. The summed E-state index contributed by atoms with van der Waals surface area (Å²) in [7, 11) is 9.46. The molecule has 1 fully saturated rings. The number of aryl methyl sites for hydroxylation is 1. The second-order valence-corrected chi connectivity index (χ2v) is 18.4. The molecule has 352 valence electrons. The summed E-state index contributed by atoms with van der Waals surface area (Å²) in [5, 5.41) is 9.59. The van der Waals surface area contributed by atoms with E-state index in [9.17, 15) is 9.59 Å². The summed E-state index contributed by atoms with van der Waals surface area (Å²) >= 11 is 5.51. The number of thioether (sulfide) groups is 3. The van der Waals surface area contributed by atoms with E-state index in [0.29, 0.717) is 12.2 Å². The van der Waals surface area contributed by atoms with Crippen LogP contribution in [0.3, 0.4) is 0 Å². The summed E-state index contributed by atoms with van der Waals surface area (Å²) in [6.45, 7) is 2.28. The van der Waals surface area contributed by atoms with Crippen molar-refractivity contribution >= 4 is 46.9 Å². The van der Waals surface area contributed by atoms with Gasteiger partial charge in [-0.15, -0.1) is 0 Å². The minimum atomic E-state index is -0.900. The van der Waals surface area contributed by atoms with Crippen LogP contribution in [0.5, 0.6) is 0 Å². The highest BCUT2D eigenvalue weighted by atomic mass is 32.2. The van der Waals surface area contributed by atoms with E-state index in [-0.39, 0.29) is 24.1 Å². The number of nitrogens with zero attached hydrogens (tertiary/aromatic N) is 4. The molecule has 1 unspecified atom stereocenters. The van der Waals surface area contributed by atoms with Crippen molar-refractivity contribution < 1.29 is 38.0 Å². The first-order chi connectivity index (χ1) is 31.8. The number of hydrazine groups is 1. The maximum absolute atomic E-state index is 11.7. The SMILES string of the molecule is COC(OC)C(=O)C1CSCCC1=O.COC(OC)c1c2c(nn1Cc1ccccc1)CCSC2.COC(OC)c1nn(Cc2ccccc2)c2c1CSCC2.NNCc1ccccc1. The number of nitrogens with two attached hydrogens (primary N) is 1. The molecule has 0 radical (unpaired) electrons. The molecule has 0 aliphatic carbocycles. The molecule has 2 aromatic heterocycles. The number of rotatable bonds is 16. The summed E-state index contributed by atoms with van der Waals surface area (Å²) in [4.78, 5) is 23.1. The number of hydrogen-bond donors (Lipinski definition) is 2. The Labute approximate surface area is 396 Å². The molecule has 3 aliphatic heterocycles. The molecule has 0 spiro atoms. The molecule has 0 bridgehead atoms. The fraction of sp³-hybridized carbons (Fsp3) is 0.458. The second kappa shape index (κ2) is 28.4. The molecule has 3 aromatic carbocycles. The number of Topliss-reactive ketones (excluding diaryl/α,β-unsaturated/α-hetero) is 2. The highest BCUT2D eigenvalue weighted by molar-refractivity contribution is 7.99. The first-order valence-corrected chi connectivity index (χ1v) is 24.9. The van der Waals surface area contributed by atoms with E-state index in [1.807, 2.05) is 70.7 Å². The number of methoxy groups -OCH3 is 6. The number of ether oxygens (including phenoxy) is 6. The fourth-order valence-corrected chi connectivity index (χ4v) is 10.6. The topological polar surface area (TPSA) is 163 Å². The van der Waals surface area contributed by atoms with Crippen molar-refractivity contribution in [1.29, 1.82) is 0 Å². The van der Waals surface area contributed by atoms with Gasteiger partial charge in [0.1, 0.15) is 11.5 Å². The van der Waals surface area contributed by atoms with Crippen LogP contribution in [0.25, 0.3) is 0 Å². The Kier molecular flexibility index (Phi) is 22.7. The van der Waals surface area contributed by atoms with E-state index in [2.05, 4.69) is 58.6 Å². The van der Waals surface area contributed by atoms with Crippen molar-refractivity contribution in [3.8, 4) is 0 Å². The summed E-state index contributed by atoms with van der Waals surface area (Å²) in [5.74, 6) is 9.95. The molecule has 5 heterocycles. The number of benzene rings is 3. The zero-order valence-electron chi connectivity index (χ0n) is 38.3. The van der Waals surface area contributed by atoms with E-state index < -0.39 is 12.2 Å². The van der Waals surface area contributed by atoms with Crippen LogP contribution in [-0.4, -0.2) is 103 Å². The van der Waals surface area contributed by atoms with E-state index in [1.165, 1.54) is 53.4 Å². The summed E-state index contributed by atoms with van der Waals surface area (Å²) in [5.41, 5.74) is 13.4. The lowest BCUT2D eigenvalue weighted by Crippen LogP contribution is -2.38. The predicted molar refractivity (Wildman–Crippen MR) is 260 cm³/mol. The molecule has 14 nitrogen and oxygen atoms in total. The second-order valence-electron chi connectivity index (χ2n) is 15.0. The molecule has 3 N–H and O–H groups in total. The van der Waals surface area contributed by atoms with Crippen molar-refractivity contribution in [2.45, 2.75) is 69.3 Å². The number of aromatic nitrogens is 4. The number of hydrogen-bond acceptors (Lipinski definition) is 15. The largest absolute Gasteiger partial charge is 0.350 e. The van der Waals surface area contributed by atoms with Crippen molar-refractivity contribution in [3.63, 3.8) is 0 Å². The Bertz CT molecular complexity index is 2150. The molecule has 17 heteroatoms. The van der Waals surface area contributed by atoms with Crippen LogP contribution in [0.4, 0.5) is 0 Å². The number of carbonyl (C=O) groups excluding carboxylic acids is 2. The molecule has 0 amide bonds. The molecule has 3 aliphatic rings. The van der Waals surface area contributed by atoms with Gasteiger partial charge in [0.05, 0.1) is 30.4 Å². The number of carbonyl (C=O) groups is 2. The van der Waals surface area contributed by atoms with Gasteiger partial charge < -0.3 is 28.4 Å². The highest BCUT2D eigenvalue weighted by Gasteiger charge is 2.34. The number of ketones is 2. The van der Waals surface area contributed by atoms with Crippen LogP contribution < -0.4 is 11.3 Å². The van der Waals surface area contributed by atoms with Crippen LogP contribution in [0.15, 0.2) is 91.0 Å². The van der Waals surface area contributed by atoms with Crippen molar-refractivity contribution in [2.24, 2.45) is 11.8 Å². The van der Waals surface area contributed by atoms with Gasteiger partial charge in [-0.05, 0) is 34.6 Å². The van der Waals surface area contributed by atoms with Gasteiger partial charge in [-0.3, -0.25) is 30.2 Å². The highest BCUT2D eigenvalue weighted by Crippen LogP contribution is 2.34. The van der Waals surface area contributed by atoms with Gasteiger partial charge in [-0.1, -0.05) is 91.0 Å². The Morgan fingerprint density at radius 2 is 1.18 bits per heavy atom. The normalized spacial score (nSPS) is 15.5. The standard InChI is InChI=1S/2C16H20N2O2S.C9H14O4S.C7H10N2/c1-19-16(20-2)15-13-11-21-9-8-14(13)18(17-15)10-12-6-4-3-5-7-12;1-19-16(20-2)15-13-11-21-9-8-14(13)17-18(15)10-12-6-4-3-5-7-12;1-12-9(13-2)8(11)6-5-14-4-3-7(6)10;8-9-6-7-4-2-1-3-5-7/h2*3-7,16H,8-11H2,1-2H3;6,9H,3-5H2,1-2H3;1-5,9H,6,8H2. The van der Waals surface area contributed by atoms with Gasteiger partial charge in [0.2, 0.25) is 18.9 Å². The van der Waals surface area contributed by atoms with Gasteiger partial charge in [0.15, 0.2) is 5.78 Å². The lowest BCUT2D eigenvalue weighted by atomic mass is 9.98. The third kappa shape index (κ3) is 15.1. The molecule has 8 rings (SSSR count). The smallest absolute Gasteiger partial charge is 0.218 e. The molecule has 5 aromatic rings. The minimum absolute atomic E-state index is 0.00727. The Morgan fingerprint density at radius 1 is 0.662 bits per heavy atom. The number of fused-ring (bicyclic) bond motifs is 2. The van der Waals surface area contributed by atoms with E-state index >= 15 is 0 Å². The maximum atomic E-state index is 11.7. The van der Waals surface area contributed by atoms with Crippen molar-refractivity contribution in [2.75, 3.05) is 65.7 Å². The Hall–Kier alpha value is -3.85. The molecule has 1 saturated heterocycles. The Morgan fingerprint density at radius 3 is 1.72 bits per heavy atom. The lowest BCUT2D eigenvalue weighted by molar-refractivity contribution is -0.162. The average Bonchev–Trinajstić information content (AvgIpc) is 3.89. The Balaban J connectivity index is 0.000000170. The molecule has 0 saturated carbocycles. The monoisotopic (exact) mass is 948 g/mol. The van der Waals surface area contributed by atoms with Gasteiger partial charge in [-0.2, -0.15) is 45.5 Å². The fourth-order valence-electron chi connectivity index (χ4n) is 7.54. The van der Waals surface area contributed by atoms with Crippen molar-refractivity contribution in [1.82, 2.24) is 25.0 Å². The van der Waals surface area contributed by atoms with Gasteiger partial charge >= 0.3 is 0 Å². The van der Waals surface area contributed by atoms with Crippen LogP contribution in [0.1, 0.15) is 69.6 Å². The van der Waals surface area contributed by atoms with Crippen LogP contribution in [0.2, 0.25) is 0 Å². The summed E-state index contributed by atoms with van der Waals surface area (Å²) in [6.07, 6.45) is 0.914. The third-order valence-electron chi connectivity index (χ3n) is 10.8. The average molecular weight is 949 g/mol. The molecular weight excluding hydrogens is 885 g/mol. The van der Waals surface area contributed by atoms with Gasteiger partial charge in [0, 0.05) is 102 Å². The molecule has 1 atom stereocenters. The first-order valence-electron chi connectivity index (χ1n) is 21.5. The van der Waals surface area contributed by atoms with Crippen LogP contribution in [-0.2, 0) is 82.0 Å². The zero-order chi connectivity index (χ0) is 46.4. The number of nitrogens with one attached hydrogen (secondary N) is 1. The van der Waals surface area contributed by atoms with E-state index in [1.54, 1.807) is 40.2 Å². The molecule has 65 heavy (non-hydrogen) atoms. The van der Waals surface area contributed by atoms with Crippen LogP contribution in [0, 0.1) is 5.92 Å². The predicted octanol–water partition coefficient (Wildman–Crippen LogP) is 7.17. The quantitative estimate of drug-likeness (QED) is 0.0443. The van der Waals surface area contributed by atoms with Gasteiger partial charge in [0.25, 0.3) is 0 Å². The lowest BCUT2D eigenvalue weighted by Gasteiger charge is -2.22. The van der Waals surface area contributed by atoms with Crippen molar-refractivity contribution in [3.05, 3.63) is 142 Å². The minimum Gasteiger partial charge on any atom is -0.350 e. The van der Waals surface area contributed by atoms with E-state index in [4.69, 9.17) is 44.5 Å². The first kappa shape index (κ1) is 52.1. The third-order valence-corrected chi connectivity index (χ3v) is 13.8. The maximum Gasteiger partial charge on any atom is 0.218 e. The summed E-state index contributed by atoms with van der Waals surface area (Å²) in [6, 6.07) is 30.8. The van der Waals surface area contributed by atoms with Gasteiger partial charge in [-0.25, -0.2) is 0 Å². The summed E-state index contributed by atoms with van der Waals surface area (Å²) < 4.78 is 35.6. The van der Waals surface area contributed by atoms with Crippen LogP contribution >= 0.6 is 35.3 Å². The molecular formula is C48H64N6O8S3. The van der Waals surface area contributed by atoms with E-state index in [0.717, 1.165) is 72.6 Å².